The summed E-state index contributed by atoms with van der Waals surface area (Å²) in [6.45, 7) is 0. The number of hydrogen-bond acceptors (Lipinski definition) is 1. The molecule has 0 spiro atoms. The van der Waals surface area contributed by atoms with Crippen molar-refractivity contribution in [1.29, 1.82) is 0 Å². The zero-order chi connectivity index (χ0) is 15.8. The highest BCUT2D eigenvalue weighted by atomic mass is 19.4. The van der Waals surface area contributed by atoms with Gasteiger partial charge in [-0.1, -0.05) is 12.1 Å². The Labute approximate surface area is 114 Å². The third-order valence-electron chi connectivity index (χ3n) is 2.70. The van der Waals surface area contributed by atoms with E-state index in [1.54, 1.807) is 0 Å². The van der Waals surface area contributed by atoms with E-state index >= 15 is 0 Å². The maximum atomic E-state index is 13.0. The van der Waals surface area contributed by atoms with E-state index < -0.39 is 46.1 Å². The van der Waals surface area contributed by atoms with Crippen LogP contribution in [0.1, 0.15) is 21.5 Å². The lowest BCUT2D eigenvalue weighted by molar-refractivity contribution is -0.137. The van der Waals surface area contributed by atoms with Gasteiger partial charge in [0.2, 0.25) is 0 Å². The van der Waals surface area contributed by atoms with E-state index in [1.807, 2.05) is 0 Å². The van der Waals surface area contributed by atoms with Crippen molar-refractivity contribution in [2.45, 2.75) is 6.18 Å². The summed E-state index contributed by atoms with van der Waals surface area (Å²) in [5.74, 6) is -5.98. The Hall–Kier alpha value is -2.31. The zero-order valence-electron chi connectivity index (χ0n) is 10.1. The molecule has 0 saturated heterocycles. The van der Waals surface area contributed by atoms with Gasteiger partial charge in [-0.05, 0) is 24.3 Å². The van der Waals surface area contributed by atoms with Crippen molar-refractivity contribution < 1.29 is 31.1 Å². The van der Waals surface area contributed by atoms with Gasteiger partial charge in [0.25, 0.3) is 0 Å². The molecule has 0 N–H and O–H groups in total. The molecular weight excluding hydrogens is 298 g/mol. The maximum absolute atomic E-state index is 13.0. The molecule has 0 atom stereocenters. The van der Waals surface area contributed by atoms with Crippen molar-refractivity contribution in [3.05, 3.63) is 70.5 Å². The SMILES string of the molecule is O=C(c1cccc(C(F)(F)F)c1)c1cc(F)c(F)c(F)c1. The molecule has 0 bridgehead atoms. The van der Waals surface area contributed by atoms with Crippen molar-refractivity contribution >= 4 is 5.78 Å². The fraction of sp³-hybridized carbons (Fsp3) is 0.0714. The highest BCUT2D eigenvalue weighted by Crippen LogP contribution is 2.30. The van der Waals surface area contributed by atoms with Crippen LogP contribution in [0.4, 0.5) is 26.3 Å². The van der Waals surface area contributed by atoms with Crippen LogP contribution in [0.5, 0.6) is 0 Å². The van der Waals surface area contributed by atoms with Crippen LogP contribution in [0, 0.1) is 17.5 Å². The van der Waals surface area contributed by atoms with Gasteiger partial charge in [-0.25, -0.2) is 13.2 Å². The number of hydrogen-bond donors (Lipinski definition) is 0. The molecule has 7 heteroatoms. The summed E-state index contributed by atoms with van der Waals surface area (Å²) in [6, 6.07) is 4.23. The van der Waals surface area contributed by atoms with Gasteiger partial charge in [-0.3, -0.25) is 4.79 Å². The van der Waals surface area contributed by atoms with Crippen LogP contribution < -0.4 is 0 Å². The van der Waals surface area contributed by atoms with Crippen LogP contribution in [0.2, 0.25) is 0 Å². The number of carbonyl (C=O) groups is 1. The number of carbonyl (C=O) groups excluding carboxylic acids is 1. The van der Waals surface area contributed by atoms with Gasteiger partial charge in [-0.15, -0.1) is 0 Å². The molecule has 0 aliphatic carbocycles. The van der Waals surface area contributed by atoms with Crippen LogP contribution in [0.3, 0.4) is 0 Å². The first kappa shape index (κ1) is 15.1. The van der Waals surface area contributed by atoms with E-state index in [0.29, 0.717) is 18.2 Å². The van der Waals surface area contributed by atoms with E-state index in [0.717, 1.165) is 18.2 Å². The van der Waals surface area contributed by atoms with E-state index in [9.17, 15) is 31.1 Å². The fourth-order valence-electron chi connectivity index (χ4n) is 1.69. The highest BCUT2D eigenvalue weighted by Gasteiger charge is 2.31. The van der Waals surface area contributed by atoms with Crippen LogP contribution in [0.25, 0.3) is 0 Å². The fourth-order valence-corrected chi connectivity index (χ4v) is 1.69. The summed E-state index contributed by atoms with van der Waals surface area (Å²) in [4.78, 5) is 11.9. The molecule has 0 saturated carbocycles. The number of benzene rings is 2. The molecule has 0 heterocycles. The minimum atomic E-state index is -4.66. The Morgan fingerprint density at radius 2 is 1.43 bits per heavy atom. The second-order valence-electron chi connectivity index (χ2n) is 4.16. The summed E-state index contributed by atoms with van der Waals surface area (Å²) >= 11 is 0. The lowest BCUT2D eigenvalue weighted by atomic mass is 10.0. The van der Waals surface area contributed by atoms with Crippen LogP contribution in [-0.4, -0.2) is 5.78 Å². The summed E-state index contributed by atoms with van der Waals surface area (Å²) in [5, 5.41) is 0. The minimum Gasteiger partial charge on any atom is -0.289 e. The highest BCUT2D eigenvalue weighted by molar-refractivity contribution is 6.09. The number of alkyl halides is 3. The van der Waals surface area contributed by atoms with Crippen LogP contribution >= 0.6 is 0 Å². The summed E-state index contributed by atoms with van der Waals surface area (Å²) in [7, 11) is 0. The van der Waals surface area contributed by atoms with Crippen molar-refractivity contribution in [2.75, 3.05) is 0 Å². The first-order valence-electron chi connectivity index (χ1n) is 5.56. The molecule has 110 valence electrons. The van der Waals surface area contributed by atoms with Crippen molar-refractivity contribution in [3.8, 4) is 0 Å². The standard InChI is InChI=1S/C14H6F6O/c15-10-5-8(6-11(16)12(10)17)13(21)7-2-1-3-9(4-7)14(18,19)20/h1-6H. The van der Waals surface area contributed by atoms with Crippen molar-refractivity contribution in [1.82, 2.24) is 0 Å². The average molecular weight is 304 g/mol. The Balaban J connectivity index is 2.46. The summed E-state index contributed by atoms with van der Waals surface area (Å²) < 4.78 is 76.5. The van der Waals surface area contributed by atoms with Gasteiger partial charge in [0.1, 0.15) is 0 Å². The topological polar surface area (TPSA) is 17.1 Å². The maximum Gasteiger partial charge on any atom is 0.416 e. The third kappa shape index (κ3) is 3.07. The quantitative estimate of drug-likeness (QED) is 0.458. The Morgan fingerprint density at radius 3 is 1.95 bits per heavy atom. The Morgan fingerprint density at radius 1 is 0.857 bits per heavy atom. The molecule has 2 aromatic rings. The van der Waals surface area contributed by atoms with Gasteiger partial charge >= 0.3 is 6.18 Å². The van der Waals surface area contributed by atoms with E-state index in [-0.39, 0.29) is 0 Å². The molecule has 2 aromatic carbocycles. The first-order valence-corrected chi connectivity index (χ1v) is 5.56. The van der Waals surface area contributed by atoms with E-state index in [2.05, 4.69) is 0 Å². The van der Waals surface area contributed by atoms with E-state index in [1.165, 1.54) is 0 Å². The number of halogens is 6. The number of rotatable bonds is 2. The van der Waals surface area contributed by atoms with Crippen molar-refractivity contribution in [2.24, 2.45) is 0 Å². The van der Waals surface area contributed by atoms with E-state index in [4.69, 9.17) is 0 Å². The van der Waals surface area contributed by atoms with Gasteiger partial charge < -0.3 is 0 Å². The molecule has 2 rings (SSSR count). The molecule has 0 amide bonds. The summed E-state index contributed by atoms with van der Waals surface area (Å²) in [6.07, 6.45) is -4.66. The molecule has 1 nitrogen and oxygen atoms in total. The van der Waals surface area contributed by atoms with Gasteiger partial charge in [-0.2, -0.15) is 13.2 Å². The van der Waals surface area contributed by atoms with Gasteiger partial charge in [0.05, 0.1) is 5.56 Å². The molecule has 21 heavy (non-hydrogen) atoms. The molecule has 0 aliphatic heterocycles. The van der Waals surface area contributed by atoms with Gasteiger partial charge in [0.15, 0.2) is 23.2 Å². The Bertz CT molecular complexity index is 682. The van der Waals surface area contributed by atoms with Crippen molar-refractivity contribution in [3.63, 3.8) is 0 Å². The monoisotopic (exact) mass is 304 g/mol. The summed E-state index contributed by atoms with van der Waals surface area (Å²) in [5.41, 5.74) is -2.06. The third-order valence-corrected chi connectivity index (χ3v) is 2.70. The largest absolute Gasteiger partial charge is 0.416 e. The smallest absolute Gasteiger partial charge is 0.289 e. The predicted octanol–water partition coefficient (Wildman–Crippen LogP) is 4.35. The molecular formula is C14H6F6O. The molecule has 0 aromatic heterocycles. The number of ketones is 1. The molecule has 0 radical (unpaired) electrons. The molecule has 0 aliphatic rings. The lowest BCUT2D eigenvalue weighted by Crippen LogP contribution is -2.09. The first-order chi connectivity index (χ1) is 9.70. The van der Waals surface area contributed by atoms with Crippen LogP contribution in [0.15, 0.2) is 36.4 Å². The second-order valence-corrected chi connectivity index (χ2v) is 4.16. The average Bonchev–Trinajstić information content (AvgIpc) is 2.42. The molecule has 0 fully saturated rings. The molecule has 0 unspecified atom stereocenters. The second kappa shape index (κ2) is 5.23. The van der Waals surface area contributed by atoms with Gasteiger partial charge in [0, 0.05) is 11.1 Å². The lowest BCUT2D eigenvalue weighted by Gasteiger charge is -2.08. The van der Waals surface area contributed by atoms with Crippen LogP contribution in [-0.2, 0) is 6.18 Å². The Kier molecular flexibility index (Phi) is 3.76. The minimum absolute atomic E-state index is 0.407. The normalized spacial score (nSPS) is 11.5. The zero-order valence-corrected chi connectivity index (χ0v) is 10.1. The predicted molar refractivity (Wildman–Crippen MR) is 61.2 cm³/mol.